The standard InChI is InChI=1S/C18H17N3O5S/c1-11-15(17(22)26-3)16(12-7-8-27-10-12)19(2)18(23)20(11)13-5-4-6-14(9-13)21(24)25/h4-10,16H,1-3H3/t16-/m0/s1. The maximum atomic E-state index is 13.1. The van der Waals surface area contributed by atoms with Crippen molar-refractivity contribution in [3.05, 3.63) is 68.0 Å². The Morgan fingerprint density at radius 2 is 2.07 bits per heavy atom. The number of amides is 2. The summed E-state index contributed by atoms with van der Waals surface area (Å²) in [5, 5.41) is 14.8. The van der Waals surface area contributed by atoms with Crippen molar-refractivity contribution in [1.29, 1.82) is 0 Å². The highest BCUT2D eigenvalue weighted by Crippen LogP contribution is 2.39. The van der Waals surface area contributed by atoms with Crippen molar-refractivity contribution in [3.8, 4) is 0 Å². The Morgan fingerprint density at radius 1 is 1.33 bits per heavy atom. The van der Waals surface area contributed by atoms with Crippen LogP contribution in [0.2, 0.25) is 0 Å². The Labute approximate surface area is 159 Å². The largest absolute Gasteiger partial charge is 0.466 e. The lowest BCUT2D eigenvalue weighted by Crippen LogP contribution is -2.49. The number of hydrogen-bond donors (Lipinski definition) is 0. The molecule has 2 amide bonds. The van der Waals surface area contributed by atoms with Crippen LogP contribution in [0.1, 0.15) is 18.5 Å². The number of methoxy groups -OCH3 is 1. The number of carbonyl (C=O) groups is 2. The summed E-state index contributed by atoms with van der Waals surface area (Å²) in [5.41, 5.74) is 1.65. The summed E-state index contributed by atoms with van der Waals surface area (Å²) in [4.78, 5) is 38.9. The third-order valence-corrected chi connectivity index (χ3v) is 5.14. The topological polar surface area (TPSA) is 93.0 Å². The van der Waals surface area contributed by atoms with Crippen LogP contribution in [0.15, 0.2) is 52.4 Å². The third-order valence-electron chi connectivity index (χ3n) is 4.44. The van der Waals surface area contributed by atoms with E-state index >= 15 is 0 Å². The minimum Gasteiger partial charge on any atom is -0.466 e. The molecule has 0 bridgehead atoms. The molecule has 1 aromatic carbocycles. The lowest BCUT2D eigenvalue weighted by atomic mass is 9.95. The fourth-order valence-electron chi connectivity index (χ4n) is 3.16. The van der Waals surface area contributed by atoms with E-state index in [-0.39, 0.29) is 5.69 Å². The second-order valence-electron chi connectivity index (χ2n) is 5.96. The monoisotopic (exact) mass is 387 g/mol. The third kappa shape index (κ3) is 3.17. The van der Waals surface area contributed by atoms with E-state index in [1.165, 1.54) is 46.4 Å². The number of rotatable bonds is 4. The van der Waals surface area contributed by atoms with Gasteiger partial charge < -0.3 is 9.64 Å². The van der Waals surface area contributed by atoms with Gasteiger partial charge in [0.15, 0.2) is 0 Å². The minimum atomic E-state index is -0.592. The number of allylic oxidation sites excluding steroid dienone is 1. The Morgan fingerprint density at radius 3 is 2.67 bits per heavy atom. The number of benzene rings is 1. The molecule has 140 valence electrons. The Kier molecular flexibility index (Phi) is 4.95. The van der Waals surface area contributed by atoms with Crippen molar-refractivity contribution < 1.29 is 19.2 Å². The van der Waals surface area contributed by atoms with Gasteiger partial charge in [0, 0.05) is 24.9 Å². The SMILES string of the molecule is COC(=O)C1=C(C)N(c2cccc([N+](=O)[O-])c2)C(=O)N(C)[C@H]1c1ccsc1. The van der Waals surface area contributed by atoms with E-state index in [0.717, 1.165) is 5.56 Å². The molecule has 0 unspecified atom stereocenters. The normalized spacial score (nSPS) is 17.3. The number of anilines is 1. The summed E-state index contributed by atoms with van der Waals surface area (Å²) in [6.07, 6.45) is 0. The van der Waals surface area contributed by atoms with Gasteiger partial charge in [-0.05, 0) is 35.4 Å². The van der Waals surface area contributed by atoms with Gasteiger partial charge in [0.05, 0.1) is 29.3 Å². The van der Waals surface area contributed by atoms with E-state index in [0.29, 0.717) is 17.0 Å². The molecule has 9 heteroatoms. The number of likely N-dealkylation sites (N-methyl/N-ethyl adjacent to an activating group) is 1. The van der Waals surface area contributed by atoms with Gasteiger partial charge >= 0.3 is 12.0 Å². The van der Waals surface area contributed by atoms with E-state index in [1.54, 1.807) is 20.0 Å². The molecule has 0 saturated carbocycles. The van der Waals surface area contributed by atoms with E-state index in [2.05, 4.69) is 0 Å². The van der Waals surface area contributed by atoms with E-state index in [4.69, 9.17) is 4.74 Å². The lowest BCUT2D eigenvalue weighted by molar-refractivity contribution is -0.384. The highest BCUT2D eigenvalue weighted by atomic mass is 32.1. The molecule has 1 atom stereocenters. The van der Waals surface area contributed by atoms with Crippen LogP contribution < -0.4 is 4.90 Å². The summed E-state index contributed by atoms with van der Waals surface area (Å²) in [7, 11) is 2.87. The summed E-state index contributed by atoms with van der Waals surface area (Å²) in [5.74, 6) is -0.557. The molecule has 1 aromatic heterocycles. The maximum absolute atomic E-state index is 13.1. The number of nitro benzene ring substituents is 1. The van der Waals surface area contributed by atoms with Gasteiger partial charge in [-0.1, -0.05) is 6.07 Å². The molecule has 0 spiro atoms. The van der Waals surface area contributed by atoms with Gasteiger partial charge in [0.2, 0.25) is 0 Å². The molecule has 2 aromatic rings. The van der Waals surface area contributed by atoms with Crippen molar-refractivity contribution in [2.24, 2.45) is 0 Å². The smallest absolute Gasteiger partial charge is 0.337 e. The highest BCUT2D eigenvalue weighted by Gasteiger charge is 2.41. The zero-order chi connectivity index (χ0) is 19.7. The quantitative estimate of drug-likeness (QED) is 0.453. The Balaban J connectivity index is 2.20. The Bertz CT molecular complexity index is 938. The predicted octanol–water partition coefficient (Wildman–Crippen LogP) is 3.72. The summed E-state index contributed by atoms with van der Waals surface area (Å²) < 4.78 is 4.95. The number of hydrogen-bond acceptors (Lipinski definition) is 6. The van der Waals surface area contributed by atoms with Gasteiger partial charge in [-0.3, -0.25) is 15.0 Å². The summed E-state index contributed by atoms with van der Waals surface area (Å²) >= 11 is 1.46. The van der Waals surface area contributed by atoms with Gasteiger partial charge in [0.1, 0.15) is 0 Å². The van der Waals surface area contributed by atoms with Crippen LogP contribution in [0.5, 0.6) is 0 Å². The molecule has 27 heavy (non-hydrogen) atoms. The predicted molar refractivity (Wildman–Crippen MR) is 101 cm³/mol. The van der Waals surface area contributed by atoms with Crippen LogP contribution in [0.3, 0.4) is 0 Å². The first-order valence-corrected chi connectivity index (χ1v) is 8.93. The zero-order valence-electron chi connectivity index (χ0n) is 14.9. The number of non-ortho nitro benzene ring substituents is 1. The highest BCUT2D eigenvalue weighted by molar-refractivity contribution is 7.08. The van der Waals surface area contributed by atoms with Gasteiger partial charge in [0.25, 0.3) is 5.69 Å². The number of nitro groups is 1. The van der Waals surface area contributed by atoms with Crippen molar-refractivity contribution >= 4 is 34.7 Å². The molecule has 0 radical (unpaired) electrons. The number of nitrogens with zero attached hydrogens (tertiary/aromatic N) is 3. The molecular formula is C18H17N3O5S. The average molecular weight is 387 g/mol. The number of urea groups is 1. The minimum absolute atomic E-state index is 0.143. The van der Waals surface area contributed by atoms with Crippen molar-refractivity contribution in [2.75, 3.05) is 19.1 Å². The van der Waals surface area contributed by atoms with Gasteiger partial charge in [-0.15, -0.1) is 0 Å². The van der Waals surface area contributed by atoms with Crippen molar-refractivity contribution in [3.63, 3.8) is 0 Å². The Hall–Kier alpha value is -3.20. The summed E-state index contributed by atoms with van der Waals surface area (Å²) in [6.45, 7) is 1.63. The van der Waals surface area contributed by atoms with Crippen LogP contribution >= 0.6 is 11.3 Å². The van der Waals surface area contributed by atoms with Gasteiger partial charge in [-0.2, -0.15) is 11.3 Å². The van der Waals surface area contributed by atoms with Crippen LogP contribution in [0.4, 0.5) is 16.2 Å². The summed E-state index contributed by atoms with van der Waals surface area (Å²) in [6, 6.07) is 6.59. The molecule has 1 aliphatic rings. The molecule has 8 nitrogen and oxygen atoms in total. The van der Waals surface area contributed by atoms with E-state index in [9.17, 15) is 19.7 Å². The fourth-order valence-corrected chi connectivity index (χ4v) is 3.84. The second-order valence-corrected chi connectivity index (χ2v) is 6.74. The van der Waals surface area contributed by atoms with Crippen LogP contribution in [-0.2, 0) is 9.53 Å². The number of thiophene rings is 1. The van der Waals surface area contributed by atoms with Crippen LogP contribution in [-0.4, -0.2) is 36.0 Å². The zero-order valence-corrected chi connectivity index (χ0v) is 15.7. The van der Waals surface area contributed by atoms with Crippen molar-refractivity contribution in [2.45, 2.75) is 13.0 Å². The number of carbonyl (C=O) groups excluding carboxylic acids is 2. The van der Waals surface area contributed by atoms with E-state index < -0.39 is 23.0 Å². The van der Waals surface area contributed by atoms with Crippen LogP contribution in [0, 0.1) is 10.1 Å². The molecule has 0 aliphatic carbocycles. The molecule has 2 heterocycles. The first kappa shape index (κ1) is 18.6. The fraction of sp³-hybridized carbons (Fsp3) is 0.222. The molecule has 1 aliphatic heterocycles. The molecule has 0 fully saturated rings. The first-order chi connectivity index (χ1) is 12.9. The average Bonchev–Trinajstić information content (AvgIpc) is 3.18. The molecule has 0 saturated heterocycles. The molecule has 0 N–H and O–H groups in total. The molecule has 3 rings (SSSR count). The lowest BCUT2D eigenvalue weighted by Gasteiger charge is -2.40. The molecular weight excluding hydrogens is 370 g/mol. The number of esters is 1. The van der Waals surface area contributed by atoms with E-state index in [1.807, 2.05) is 16.8 Å². The number of ether oxygens (including phenoxy) is 1. The van der Waals surface area contributed by atoms with Crippen LogP contribution in [0.25, 0.3) is 0 Å². The van der Waals surface area contributed by atoms with Crippen molar-refractivity contribution in [1.82, 2.24) is 4.90 Å². The second kappa shape index (κ2) is 7.20. The van der Waals surface area contributed by atoms with Gasteiger partial charge in [-0.25, -0.2) is 9.59 Å². The first-order valence-electron chi connectivity index (χ1n) is 7.99. The maximum Gasteiger partial charge on any atom is 0.337 e.